The van der Waals surface area contributed by atoms with E-state index in [1.807, 2.05) is 24.4 Å². The highest BCUT2D eigenvalue weighted by Gasteiger charge is 2.24. The summed E-state index contributed by atoms with van der Waals surface area (Å²) in [5, 5.41) is 7.94. The molecule has 0 radical (unpaired) electrons. The number of aromatic amines is 1. The Morgan fingerprint density at radius 2 is 2.39 bits per heavy atom. The van der Waals surface area contributed by atoms with Crippen LogP contribution in [0.2, 0.25) is 0 Å². The Labute approximate surface area is 109 Å². The smallest absolute Gasteiger partial charge is 0.246 e. The molecule has 2 rings (SSSR count). The molecule has 6 nitrogen and oxygen atoms in total. The van der Waals surface area contributed by atoms with Crippen LogP contribution in [0.5, 0.6) is 0 Å². The molecule has 0 aliphatic rings. The van der Waals surface area contributed by atoms with E-state index in [2.05, 4.69) is 14.9 Å². The molecule has 8 heteroatoms. The third-order valence-electron chi connectivity index (χ3n) is 2.51. The molecule has 0 aliphatic heterocycles. The van der Waals surface area contributed by atoms with Crippen molar-refractivity contribution in [1.29, 1.82) is 0 Å². The topological polar surface area (TPSA) is 101 Å². The fraction of sp³-hybridized carbons (Fsp3) is 0.300. The largest absolute Gasteiger partial charge is 0.383 e. The van der Waals surface area contributed by atoms with Crippen molar-refractivity contribution in [2.45, 2.75) is 24.3 Å². The van der Waals surface area contributed by atoms with Gasteiger partial charge in [-0.1, -0.05) is 13.0 Å². The molecule has 0 amide bonds. The zero-order chi connectivity index (χ0) is 13.2. The average molecular weight is 286 g/mol. The molecule has 1 atom stereocenters. The molecule has 2 aromatic heterocycles. The Bertz CT molecular complexity index is 604. The standard InChI is InChI=1S/C10H14N4O2S2/c1-2-7(8-4-3-5-17-8)14-18(15,16)9-6-12-13-10(9)11/h3-7,14H,2H2,1H3,(H3,11,12,13). The number of thiophene rings is 1. The molecule has 0 bridgehead atoms. The Morgan fingerprint density at radius 3 is 2.89 bits per heavy atom. The summed E-state index contributed by atoms with van der Waals surface area (Å²) in [5.41, 5.74) is 5.53. The fourth-order valence-corrected chi connectivity index (χ4v) is 3.84. The second-order valence-electron chi connectivity index (χ2n) is 3.75. The second kappa shape index (κ2) is 5.09. The SMILES string of the molecule is CCC(NS(=O)(=O)c1cn[nH]c1N)c1cccs1. The van der Waals surface area contributed by atoms with Crippen molar-refractivity contribution in [2.24, 2.45) is 0 Å². The van der Waals surface area contributed by atoms with E-state index in [4.69, 9.17) is 5.73 Å². The summed E-state index contributed by atoms with van der Waals surface area (Å²) in [4.78, 5) is 0.959. The van der Waals surface area contributed by atoms with Crippen LogP contribution in [0.3, 0.4) is 0 Å². The van der Waals surface area contributed by atoms with Gasteiger partial charge in [0.1, 0.15) is 10.7 Å². The molecule has 2 heterocycles. The van der Waals surface area contributed by atoms with Gasteiger partial charge < -0.3 is 5.73 Å². The summed E-state index contributed by atoms with van der Waals surface area (Å²) in [6.07, 6.45) is 1.87. The molecule has 0 aliphatic carbocycles. The molecule has 18 heavy (non-hydrogen) atoms. The normalized spacial score (nSPS) is 13.6. The van der Waals surface area contributed by atoms with Crippen LogP contribution in [0.4, 0.5) is 5.82 Å². The average Bonchev–Trinajstić information content (AvgIpc) is 2.96. The van der Waals surface area contributed by atoms with Crippen LogP contribution in [0.15, 0.2) is 28.6 Å². The molecule has 0 fully saturated rings. The number of nitrogens with one attached hydrogen (secondary N) is 2. The lowest BCUT2D eigenvalue weighted by atomic mass is 10.2. The van der Waals surface area contributed by atoms with Gasteiger partial charge in [0.25, 0.3) is 0 Å². The predicted octanol–water partition coefficient (Wildman–Crippen LogP) is 1.48. The lowest BCUT2D eigenvalue weighted by Crippen LogP contribution is -2.28. The van der Waals surface area contributed by atoms with E-state index in [-0.39, 0.29) is 16.8 Å². The van der Waals surface area contributed by atoms with Crippen LogP contribution < -0.4 is 10.5 Å². The number of rotatable bonds is 5. The molecule has 0 saturated heterocycles. The van der Waals surface area contributed by atoms with E-state index < -0.39 is 10.0 Å². The van der Waals surface area contributed by atoms with Gasteiger partial charge in [-0.15, -0.1) is 11.3 Å². The van der Waals surface area contributed by atoms with Gasteiger partial charge in [-0.3, -0.25) is 5.10 Å². The molecular formula is C10H14N4O2S2. The number of anilines is 1. The number of nitrogens with zero attached hydrogens (tertiary/aromatic N) is 1. The summed E-state index contributed by atoms with van der Waals surface area (Å²) in [5.74, 6) is 0.0449. The van der Waals surface area contributed by atoms with Gasteiger partial charge in [0, 0.05) is 4.88 Å². The summed E-state index contributed by atoms with van der Waals surface area (Å²) < 4.78 is 26.9. The Hall–Kier alpha value is -1.38. The first-order valence-corrected chi connectivity index (χ1v) is 7.75. The summed E-state index contributed by atoms with van der Waals surface area (Å²) in [7, 11) is -3.65. The zero-order valence-corrected chi connectivity index (χ0v) is 11.4. The maximum absolute atomic E-state index is 12.1. The number of aromatic nitrogens is 2. The van der Waals surface area contributed by atoms with E-state index in [9.17, 15) is 8.42 Å². The molecule has 4 N–H and O–H groups in total. The number of hydrogen-bond donors (Lipinski definition) is 3. The monoisotopic (exact) mass is 286 g/mol. The highest BCUT2D eigenvalue weighted by molar-refractivity contribution is 7.89. The molecule has 0 spiro atoms. The van der Waals surface area contributed by atoms with Crippen molar-refractivity contribution < 1.29 is 8.42 Å². The first-order chi connectivity index (χ1) is 8.54. The lowest BCUT2D eigenvalue weighted by Gasteiger charge is -2.15. The van der Waals surface area contributed by atoms with Crippen LogP contribution in [0.25, 0.3) is 0 Å². The highest BCUT2D eigenvalue weighted by atomic mass is 32.2. The molecule has 0 saturated carbocycles. The lowest BCUT2D eigenvalue weighted by molar-refractivity contribution is 0.553. The Kier molecular flexibility index (Phi) is 3.69. The Morgan fingerprint density at radius 1 is 1.61 bits per heavy atom. The Balaban J connectivity index is 2.25. The first kappa shape index (κ1) is 13.1. The van der Waals surface area contributed by atoms with Crippen molar-refractivity contribution in [2.75, 3.05) is 5.73 Å². The highest BCUT2D eigenvalue weighted by Crippen LogP contribution is 2.25. The van der Waals surface area contributed by atoms with E-state index in [1.54, 1.807) is 0 Å². The van der Waals surface area contributed by atoms with Gasteiger partial charge in [0.2, 0.25) is 10.0 Å². The number of sulfonamides is 1. The zero-order valence-electron chi connectivity index (χ0n) is 9.75. The van der Waals surface area contributed by atoms with Crippen molar-refractivity contribution in [1.82, 2.24) is 14.9 Å². The number of nitrogen functional groups attached to an aromatic ring is 1. The predicted molar refractivity (Wildman–Crippen MR) is 70.7 cm³/mol. The number of H-pyrrole nitrogens is 1. The van der Waals surface area contributed by atoms with Gasteiger partial charge in [0.05, 0.1) is 12.2 Å². The van der Waals surface area contributed by atoms with E-state index in [0.29, 0.717) is 6.42 Å². The number of hydrogen-bond acceptors (Lipinski definition) is 5. The van der Waals surface area contributed by atoms with Gasteiger partial charge >= 0.3 is 0 Å². The van der Waals surface area contributed by atoms with Gasteiger partial charge in [-0.2, -0.15) is 5.10 Å². The molecular weight excluding hydrogens is 272 g/mol. The minimum absolute atomic E-state index is 0.0162. The van der Waals surface area contributed by atoms with E-state index >= 15 is 0 Å². The van der Waals surface area contributed by atoms with E-state index in [0.717, 1.165) is 4.88 Å². The summed E-state index contributed by atoms with van der Waals surface area (Å²) in [6, 6.07) is 3.55. The maximum atomic E-state index is 12.1. The van der Waals surface area contributed by atoms with Crippen LogP contribution in [0, 0.1) is 0 Å². The van der Waals surface area contributed by atoms with Crippen LogP contribution >= 0.6 is 11.3 Å². The van der Waals surface area contributed by atoms with Crippen molar-refractivity contribution in [3.8, 4) is 0 Å². The summed E-state index contributed by atoms with van der Waals surface area (Å²) >= 11 is 1.52. The van der Waals surface area contributed by atoms with Crippen LogP contribution in [-0.2, 0) is 10.0 Å². The minimum Gasteiger partial charge on any atom is -0.383 e. The fourth-order valence-electron chi connectivity index (χ4n) is 1.58. The third-order valence-corrected chi connectivity index (χ3v) is 5.00. The molecule has 2 aromatic rings. The van der Waals surface area contributed by atoms with Gasteiger partial charge in [0.15, 0.2) is 0 Å². The van der Waals surface area contributed by atoms with Crippen molar-refractivity contribution in [3.05, 3.63) is 28.6 Å². The van der Waals surface area contributed by atoms with Crippen molar-refractivity contribution in [3.63, 3.8) is 0 Å². The van der Waals surface area contributed by atoms with E-state index in [1.165, 1.54) is 17.5 Å². The van der Waals surface area contributed by atoms with Gasteiger partial charge in [-0.25, -0.2) is 13.1 Å². The molecule has 0 aromatic carbocycles. The van der Waals surface area contributed by atoms with Crippen LogP contribution in [-0.4, -0.2) is 18.6 Å². The molecule has 1 unspecified atom stereocenters. The quantitative estimate of drug-likeness (QED) is 0.775. The number of nitrogens with two attached hydrogens (primary N) is 1. The van der Waals surface area contributed by atoms with Crippen molar-refractivity contribution >= 4 is 27.2 Å². The summed E-state index contributed by atoms with van der Waals surface area (Å²) in [6.45, 7) is 1.92. The first-order valence-electron chi connectivity index (χ1n) is 5.39. The maximum Gasteiger partial charge on any atom is 0.246 e. The minimum atomic E-state index is -3.65. The molecule has 98 valence electrons. The van der Waals surface area contributed by atoms with Gasteiger partial charge in [-0.05, 0) is 17.9 Å². The third kappa shape index (κ3) is 2.55. The van der Waals surface area contributed by atoms with Crippen LogP contribution in [0.1, 0.15) is 24.3 Å². The second-order valence-corrected chi connectivity index (χ2v) is 6.41.